The van der Waals surface area contributed by atoms with Gasteiger partial charge < -0.3 is 10.5 Å². The summed E-state index contributed by atoms with van der Waals surface area (Å²) in [5, 5.41) is 1.45. The second-order valence-corrected chi connectivity index (χ2v) is 6.44. The quantitative estimate of drug-likeness (QED) is 0.819. The molecule has 2 rings (SSSR count). The van der Waals surface area contributed by atoms with Gasteiger partial charge in [0.25, 0.3) is 0 Å². The van der Waals surface area contributed by atoms with Crippen LogP contribution < -0.4 is 5.73 Å². The third kappa shape index (κ3) is 3.38. The van der Waals surface area contributed by atoms with E-state index in [1.165, 1.54) is 11.4 Å². The molecule has 0 spiro atoms. The van der Waals surface area contributed by atoms with Gasteiger partial charge >= 0.3 is 0 Å². The predicted molar refractivity (Wildman–Crippen MR) is 81.4 cm³/mol. The second kappa shape index (κ2) is 6.95. The molecule has 6 nitrogen and oxygen atoms in total. The molecule has 21 heavy (non-hydrogen) atoms. The summed E-state index contributed by atoms with van der Waals surface area (Å²) in [5.41, 5.74) is 5.53. The van der Waals surface area contributed by atoms with Gasteiger partial charge in [-0.05, 0) is 12.1 Å². The van der Waals surface area contributed by atoms with Gasteiger partial charge in [0.1, 0.15) is 0 Å². The Labute approximate surface area is 124 Å². The van der Waals surface area contributed by atoms with Crippen LogP contribution in [-0.2, 0) is 14.8 Å². The smallest absolute Gasteiger partial charge is 0.243 e. The van der Waals surface area contributed by atoms with Gasteiger partial charge in [-0.15, -0.1) is 0 Å². The Kier molecular flexibility index (Phi) is 5.24. The van der Waals surface area contributed by atoms with Gasteiger partial charge in [0.05, 0.1) is 11.5 Å². The number of fused-ring (bicyclic) bond motifs is 1. The fourth-order valence-corrected chi connectivity index (χ4v) is 3.80. The van der Waals surface area contributed by atoms with E-state index >= 15 is 0 Å². The normalized spacial score (nSPS) is 12.1. The molecule has 7 heteroatoms. The summed E-state index contributed by atoms with van der Waals surface area (Å²) in [5.74, 6) is 0. The zero-order valence-electron chi connectivity index (χ0n) is 11.9. The van der Waals surface area contributed by atoms with Crippen LogP contribution in [0.5, 0.6) is 0 Å². The van der Waals surface area contributed by atoms with Gasteiger partial charge in [0.15, 0.2) is 0 Å². The first-order valence-corrected chi connectivity index (χ1v) is 8.07. The molecule has 1 aromatic carbocycles. The highest BCUT2D eigenvalue weighted by molar-refractivity contribution is 7.89. The fraction of sp³-hybridized carbons (Fsp3) is 0.357. The number of nitrogens with two attached hydrogens (primary N) is 1. The highest BCUT2D eigenvalue weighted by Crippen LogP contribution is 2.24. The van der Waals surface area contributed by atoms with E-state index in [9.17, 15) is 8.42 Å². The first-order chi connectivity index (χ1) is 10.1. The van der Waals surface area contributed by atoms with Crippen LogP contribution in [-0.4, -0.2) is 51.1 Å². The molecule has 2 aromatic rings. The molecule has 0 saturated heterocycles. The Balaban J connectivity index is 2.49. The predicted octanol–water partition coefficient (Wildman–Crippen LogP) is 0.831. The summed E-state index contributed by atoms with van der Waals surface area (Å²) >= 11 is 0. The molecular formula is C14H19N3O3S. The maximum absolute atomic E-state index is 12.8. The van der Waals surface area contributed by atoms with Crippen LogP contribution in [0.15, 0.2) is 41.6 Å². The molecule has 0 bridgehead atoms. The number of pyridine rings is 1. The van der Waals surface area contributed by atoms with Gasteiger partial charge in [-0.25, -0.2) is 8.42 Å². The Morgan fingerprint density at radius 3 is 2.81 bits per heavy atom. The van der Waals surface area contributed by atoms with E-state index in [4.69, 9.17) is 10.5 Å². The van der Waals surface area contributed by atoms with Crippen LogP contribution in [0.25, 0.3) is 10.8 Å². The summed E-state index contributed by atoms with van der Waals surface area (Å²) in [6.45, 7) is 1.12. The molecule has 0 atom stereocenters. The van der Waals surface area contributed by atoms with Crippen molar-refractivity contribution in [3.05, 3.63) is 36.7 Å². The Morgan fingerprint density at radius 2 is 2.10 bits per heavy atom. The summed E-state index contributed by atoms with van der Waals surface area (Å²) in [7, 11) is -2.08. The summed E-state index contributed by atoms with van der Waals surface area (Å²) < 4.78 is 32.0. The first kappa shape index (κ1) is 15.8. The average molecular weight is 309 g/mol. The molecule has 2 N–H and O–H groups in total. The van der Waals surface area contributed by atoms with Crippen LogP contribution in [0.2, 0.25) is 0 Å². The van der Waals surface area contributed by atoms with Crippen LogP contribution >= 0.6 is 0 Å². The highest BCUT2D eigenvalue weighted by atomic mass is 32.2. The van der Waals surface area contributed by atoms with Crippen LogP contribution in [0.3, 0.4) is 0 Å². The number of ether oxygens (including phenoxy) is 1. The van der Waals surface area contributed by atoms with Crippen molar-refractivity contribution in [2.75, 3.05) is 33.4 Å². The SMILES string of the molecule is COCCN(CCN)S(=O)(=O)c1cccc2cnccc12. The van der Waals surface area contributed by atoms with Crippen LogP contribution in [0, 0.1) is 0 Å². The van der Waals surface area contributed by atoms with E-state index in [0.29, 0.717) is 12.0 Å². The number of sulfonamides is 1. The highest BCUT2D eigenvalue weighted by Gasteiger charge is 2.25. The molecule has 1 heterocycles. The van der Waals surface area contributed by atoms with Crippen molar-refractivity contribution in [1.29, 1.82) is 0 Å². The molecular weight excluding hydrogens is 290 g/mol. The monoisotopic (exact) mass is 309 g/mol. The second-order valence-electron chi connectivity index (χ2n) is 4.54. The number of rotatable bonds is 7. The molecule has 0 radical (unpaired) electrons. The minimum absolute atomic E-state index is 0.257. The molecule has 0 aliphatic rings. The molecule has 114 valence electrons. The van der Waals surface area contributed by atoms with E-state index in [2.05, 4.69) is 4.98 Å². The van der Waals surface area contributed by atoms with Crippen molar-refractivity contribution in [2.24, 2.45) is 5.73 Å². The number of hydrogen-bond donors (Lipinski definition) is 1. The lowest BCUT2D eigenvalue weighted by Crippen LogP contribution is -2.37. The largest absolute Gasteiger partial charge is 0.383 e. The minimum Gasteiger partial charge on any atom is -0.383 e. The van der Waals surface area contributed by atoms with Gasteiger partial charge in [-0.3, -0.25) is 4.98 Å². The van der Waals surface area contributed by atoms with E-state index in [-0.39, 0.29) is 24.5 Å². The van der Waals surface area contributed by atoms with E-state index in [1.54, 1.807) is 30.6 Å². The number of aromatic nitrogens is 1. The van der Waals surface area contributed by atoms with Gasteiger partial charge in [0.2, 0.25) is 10.0 Å². The number of benzene rings is 1. The summed E-state index contributed by atoms with van der Waals surface area (Å²) in [4.78, 5) is 4.29. The maximum atomic E-state index is 12.8. The van der Waals surface area contributed by atoms with Crippen molar-refractivity contribution in [3.63, 3.8) is 0 Å². The molecule has 1 aromatic heterocycles. The topological polar surface area (TPSA) is 85.5 Å². The first-order valence-electron chi connectivity index (χ1n) is 6.63. The van der Waals surface area contributed by atoms with Gasteiger partial charge in [-0.2, -0.15) is 4.31 Å². The van der Waals surface area contributed by atoms with Crippen LogP contribution in [0.4, 0.5) is 0 Å². The van der Waals surface area contributed by atoms with Crippen molar-refractivity contribution in [2.45, 2.75) is 4.90 Å². The Morgan fingerprint density at radius 1 is 1.29 bits per heavy atom. The third-order valence-electron chi connectivity index (χ3n) is 3.18. The molecule has 0 saturated carbocycles. The van der Waals surface area contributed by atoms with Crippen molar-refractivity contribution in [3.8, 4) is 0 Å². The van der Waals surface area contributed by atoms with E-state index in [0.717, 1.165) is 5.39 Å². The maximum Gasteiger partial charge on any atom is 0.243 e. The zero-order valence-corrected chi connectivity index (χ0v) is 12.7. The van der Waals surface area contributed by atoms with Gasteiger partial charge in [-0.1, -0.05) is 12.1 Å². The number of nitrogens with zero attached hydrogens (tertiary/aromatic N) is 2. The van der Waals surface area contributed by atoms with Crippen LogP contribution in [0.1, 0.15) is 0 Å². The molecule has 0 amide bonds. The Hall–Kier alpha value is -1.54. The van der Waals surface area contributed by atoms with Crippen molar-refractivity contribution < 1.29 is 13.2 Å². The lowest BCUT2D eigenvalue weighted by molar-refractivity contribution is 0.180. The molecule has 0 aliphatic carbocycles. The zero-order chi connectivity index (χ0) is 15.3. The van der Waals surface area contributed by atoms with E-state index in [1.807, 2.05) is 6.07 Å². The number of hydrogen-bond acceptors (Lipinski definition) is 5. The van der Waals surface area contributed by atoms with E-state index < -0.39 is 10.0 Å². The Bertz CT molecular complexity index is 698. The standard InChI is InChI=1S/C14H19N3O3S/c1-20-10-9-17(8-6-15)21(18,19)14-4-2-3-12-11-16-7-5-13(12)14/h2-5,7,11H,6,8-10,15H2,1H3. The molecule has 0 fully saturated rings. The van der Waals surface area contributed by atoms with Crippen molar-refractivity contribution in [1.82, 2.24) is 9.29 Å². The number of methoxy groups -OCH3 is 1. The average Bonchev–Trinajstić information content (AvgIpc) is 2.50. The molecule has 0 unspecified atom stereocenters. The minimum atomic E-state index is -3.62. The third-order valence-corrected chi connectivity index (χ3v) is 5.14. The summed E-state index contributed by atoms with van der Waals surface area (Å²) in [6, 6.07) is 6.87. The lowest BCUT2D eigenvalue weighted by atomic mass is 10.2. The van der Waals surface area contributed by atoms with Gasteiger partial charge in [0, 0.05) is 49.9 Å². The summed E-state index contributed by atoms with van der Waals surface area (Å²) in [6.07, 6.45) is 3.24. The fourth-order valence-electron chi connectivity index (χ4n) is 2.15. The van der Waals surface area contributed by atoms with Crippen molar-refractivity contribution >= 4 is 20.8 Å². The lowest BCUT2D eigenvalue weighted by Gasteiger charge is -2.22. The molecule has 0 aliphatic heterocycles.